The van der Waals surface area contributed by atoms with E-state index in [9.17, 15) is 0 Å². The second-order valence-electron chi connectivity index (χ2n) is 8.42. The molecule has 2 aliphatic rings. The first kappa shape index (κ1) is 18.9. The van der Waals surface area contributed by atoms with E-state index in [-0.39, 0.29) is 0 Å². The average molecular weight is 400 g/mol. The van der Waals surface area contributed by atoms with Crippen molar-refractivity contribution in [1.82, 2.24) is 9.97 Å². The number of hydrogen-bond acceptors (Lipinski definition) is 5. The monoisotopic (exact) mass is 399 g/mol. The van der Waals surface area contributed by atoms with Gasteiger partial charge in [0.25, 0.3) is 0 Å². The zero-order chi connectivity index (χ0) is 20.5. The van der Waals surface area contributed by atoms with Crippen molar-refractivity contribution in [2.45, 2.75) is 26.8 Å². The summed E-state index contributed by atoms with van der Waals surface area (Å²) in [6.45, 7) is 10.0. The van der Waals surface area contributed by atoms with Gasteiger partial charge in [-0.05, 0) is 49.1 Å². The lowest BCUT2D eigenvalue weighted by Gasteiger charge is -2.37. The van der Waals surface area contributed by atoms with Crippen molar-refractivity contribution >= 4 is 17.5 Å². The minimum absolute atomic E-state index is 0.868. The SMILES string of the molecule is Cc1cccc(N2CCN(c3nc(C)cc(N4CCc5ccccc5C4)n3)CC2)c1. The van der Waals surface area contributed by atoms with Gasteiger partial charge in [-0.1, -0.05) is 36.4 Å². The molecule has 3 heterocycles. The van der Waals surface area contributed by atoms with Crippen LogP contribution < -0.4 is 14.7 Å². The van der Waals surface area contributed by atoms with Gasteiger partial charge in [0.05, 0.1) is 0 Å². The van der Waals surface area contributed by atoms with Crippen LogP contribution in [0, 0.1) is 13.8 Å². The third kappa shape index (κ3) is 3.84. The Morgan fingerprint density at radius 1 is 0.700 bits per heavy atom. The van der Waals surface area contributed by atoms with E-state index in [4.69, 9.17) is 9.97 Å². The summed E-state index contributed by atoms with van der Waals surface area (Å²) in [4.78, 5) is 17.0. The van der Waals surface area contributed by atoms with Crippen molar-refractivity contribution < 1.29 is 0 Å². The first-order valence-corrected chi connectivity index (χ1v) is 10.9. The molecule has 0 radical (unpaired) electrons. The Kier molecular flexibility index (Phi) is 5.03. The number of piperazine rings is 1. The molecule has 1 fully saturated rings. The van der Waals surface area contributed by atoms with Crippen LogP contribution >= 0.6 is 0 Å². The molecule has 2 aliphatic heterocycles. The van der Waals surface area contributed by atoms with Gasteiger partial charge >= 0.3 is 0 Å². The Morgan fingerprint density at radius 2 is 1.47 bits per heavy atom. The topological polar surface area (TPSA) is 35.5 Å². The molecule has 2 aromatic carbocycles. The van der Waals surface area contributed by atoms with Crippen molar-refractivity contribution in [3.63, 3.8) is 0 Å². The maximum Gasteiger partial charge on any atom is 0.227 e. The van der Waals surface area contributed by atoms with Crippen LogP contribution in [0.25, 0.3) is 0 Å². The summed E-state index contributed by atoms with van der Waals surface area (Å²) in [5, 5.41) is 0. The van der Waals surface area contributed by atoms with Crippen molar-refractivity contribution in [2.24, 2.45) is 0 Å². The molecule has 0 aliphatic carbocycles. The molecule has 30 heavy (non-hydrogen) atoms. The first-order valence-electron chi connectivity index (χ1n) is 10.9. The number of hydrogen-bond donors (Lipinski definition) is 0. The number of fused-ring (bicyclic) bond motifs is 1. The summed E-state index contributed by atoms with van der Waals surface area (Å²) in [7, 11) is 0. The molecule has 0 atom stereocenters. The zero-order valence-electron chi connectivity index (χ0n) is 17.9. The molecule has 3 aromatic rings. The Labute approximate surface area is 179 Å². The molecule has 1 aromatic heterocycles. The van der Waals surface area contributed by atoms with Crippen LogP contribution in [0.2, 0.25) is 0 Å². The number of aryl methyl sites for hydroxylation is 2. The van der Waals surface area contributed by atoms with Gasteiger partial charge in [0.1, 0.15) is 5.82 Å². The van der Waals surface area contributed by atoms with E-state index in [1.54, 1.807) is 0 Å². The lowest BCUT2D eigenvalue weighted by atomic mass is 10.00. The number of benzene rings is 2. The summed E-state index contributed by atoms with van der Waals surface area (Å²) in [5.41, 5.74) is 6.53. The first-order chi connectivity index (χ1) is 14.7. The highest BCUT2D eigenvalue weighted by atomic mass is 15.3. The molecule has 5 heteroatoms. The molecule has 5 nitrogen and oxygen atoms in total. The van der Waals surface area contributed by atoms with Gasteiger partial charge < -0.3 is 14.7 Å². The van der Waals surface area contributed by atoms with Crippen LogP contribution in [-0.2, 0) is 13.0 Å². The van der Waals surface area contributed by atoms with Crippen molar-refractivity contribution in [3.05, 3.63) is 77.0 Å². The molecular weight excluding hydrogens is 370 g/mol. The predicted octanol–water partition coefficient (Wildman–Crippen LogP) is 3.98. The Bertz CT molecular complexity index is 1040. The fraction of sp³-hybridized carbons (Fsp3) is 0.360. The predicted molar refractivity (Wildman–Crippen MR) is 124 cm³/mol. The minimum atomic E-state index is 0.868. The summed E-state index contributed by atoms with van der Waals surface area (Å²) >= 11 is 0. The lowest BCUT2D eigenvalue weighted by Crippen LogP contribution is -2.47. The highest BCUT2D eigenvalue weighted by Crippen LogP contribution is 2.26. The smallest absolute Gasteiger partial charge is 0.227 e. The van der Waals surface area contributed by atoms with E-state index in [0.29, 0.717) is 0 Å². The second-order valence-corrected chi connectivity index (χ2v) is 8.42. The summed E-state index contributed by atoms with van der Waals surface area (Å²) < 4.78 is 0. The quantitative estimate of drug-likeness (QED) is 0.666. The van der Waals surface area contributed by atoms with Crippen LogP contribution in [0.5, 0.6) is 0 Å². The second kappa shape index (κ2) is 7.98. The number of nitrogens with zero attached hydrogens (tertiary/aromatic N) is 5. The third-order valence-electron chi connectivity index (χ3n) is 6.21. The van der Waals surface area contributed by atoms with Gasteiger partial charge in [0.15, 0.2) is 0 Å². The van der Waals surface area contributed by atoms with Gasteiger partial charge in [-0.2, -0.15) is 4.98 Å². The van der Waals surface area contributed by atoms with Gasteiger partial charge in [0, 0.05) is 56.7 Å². The highest BCUT2D eigenvalue weighted by Gasteiger charge is 2.22. The largest absolute Gasteiger partial charge is 0.368 e. The van der Waals surface area contributed by atoms with Crippen molar-refractivity contribution in [1.29, 1.82) is 0 Å². The molecular formula is C25H29N5. The average Bonchev–Trinajstić information content (AvgIpc) is 2.78. The molecule has 0 amide bonds. The van der Waals surface area contributed by atoms with E-state index in [1.807, 2.05) is 0 Å². The summed E-state index contributed by atoms with van der Waals surface area (Å²) in [6.07, 6.45) is 1.07. The molecule has 0 bridgehead atoms. The van der Waals surface area contributed by atoms with E-state index >= 15 is 0 Å². The van der Waals surface area contributed by atoms with E-state index in [1.165, 1.54) is 22.4 Å². The van der Waals surface area contributed by atoms with Crippen molar-refractivity contribution in [2.75, 3.05) is 47.4 Å². The van der Waals surface area contributed by atoms with Gasteiger partial charge in [0.2, 0.25) is 5.95 Å². The minimum Gasteiger partial charge on any atom is -0.368 e. The van der Waals surface area contributed by atoms with Crippen LogP contribution in [0.1, 0.15) is 22.4 Å². The van der Waals surface area contributed by atoms with Crippen LogP contribution in [0.4, 0.5) is 17.5 Å². The molecule has 0 saturated carbocycles. The number of anilines is 3. The van der Waals surface area contributed by atoms with Crippen molar-refractivity contribution in [3.8, 4) is 0 Å². The number of aromatic nitrogens is 2. The van der Waals surface area contributed by atoms with Gasteiger partial charge in [-0.15, -0.1) is 0 Å². The highest BCUT2D eigenvalue weighted by molar-refractivity contribution is 5.52. The maximum atomic E-state index is 4.99. The number of rotatable bonds is 3. The van der Waals surface area contributed by atoms with Crippen LogP contribution in [-0.4, -0.2) is 42.7 Å². The van der Waals surface area contributed by atoms with E-state index in [0.717, 1.165) is 63.1 Å². The fourth-order valence-electron chi connectivity index (χ4n) is 4.52. The fourth-order valence-corrected chi connectivity index (χ4v) is 4.52. The van der Waals surface area contributed by atoms with E-state index in [2.05, 4.69) is 83.1 Å². The normalized spacial score (nSPS) is 16.5. The molecule has 154 valence electrons. The molecule has 1 saturated heterocycles. The third-order valence-corrected chi connectivity index (χ3v) is 6.21. The molecule has 0 unspecified atom stereocenters. The summed E-state index contributed by atoms with van der Waals surface area (Å²) in [5.74, 6) is 1.92. The van der Waals surface area contributed by atoms with Gasteiger partial charge in [-0.25, -0.2) is 4.98 Å². The Morgan fingerprint density at radius 3 is 2.27 bits per heavy atom. The summed E-state index contributed by atoms with van der Waals surface area (Å²) in [6, 6.07) is 19.6. The molecule has 5 rings (SSSR count). The van der Waals surface area contributed by atoms with Gasteiger partial charge in [-0.3, -0.25) is 0 Å². The standard InChI is InChI=1S/C25H29N5/c1-19-6-5-9-23(16-19)28-12-14-29(15-13-28)25-26-20(2)17-24(27-25)30-11-10-21-7-3-4-8-22(21)18-30/h3-9,16-17H,10-15,18H2,1-2H3. The maximum absolute atomic E-state index is 4.99. The molecule has 0 spiro atoms. The van der Waals surface area contributed by atoms with Crippen LogP contribution in [0.3, 0.4) is 0 Å². The zero-order valence-corrected chi connectivity index (χ0v) is 17.9. The van der Waals surface area contributed by atoms with E-state index < -0.39 is 0 Å². The Balaban J connectivity index is 1.31. The van der Waals surface area contributed by atoms with Crippen LogP contribution in [0.15, 0.2) is 54.6 Å². The Hall–Kier alpha value is -3.08. The molecule has 0 N–H and O–H groups in total. The lowest BCUT2D eigenvalue weighted by molar-refractivity contribution is 0.636.